The number of hydrogen-bond acceptors (Lipinski definition) is 5. The van der Waals surface area contributed by atoms with Crippen LogP contribution in [0.2, 0.25) is 5.02 Å². The Kier molecular flexibility index (Phi) is 5.29. The molecule has 1 aromatic carbocycles. The summed E-state index contributed by atoms with van der Waals surface area (Å²) in [6.45, 7) is 3.59. The van der Waals surface area contributed by atoms with Crippen LogP contribution >= 0.6 is 11.6 Å². The van der Waals surface area contributed by atoms with E-state index in [0.29, 0.717) is 47.5 Å². The minimum atomic E-state index is -0.451. The highest BCUT2D eigenvalue weighted by Gasteiger charge is 2.41. The fourth-order valence-electron chi connectivity index (χ4n) is 5.34. The molecule has 1 saturated heterocycles. The quantitative estimate of drug-likeness (QED) is 0.548. The Morgan fingerprint density at radius 2 is 1.85 bits per heavy atom. The number of halogens is 1. The number of rotatable bonds is 4. The molecule has 2 aliphatic heterocycles. The van der Waals surface area contributed by atoms with Gasteiger partial charge in [0.15, 0.2) is 11.5 Å². The molecule has 2 fully saturated rings. The predicted molar refractivity (Wildman–Crippen MR) is 136 cm³/mol. The van der Waals surface area contributed by atoms with Gasteiger partial charge in [0.25, 0.3) is 11.8 Å². The van der Waals surface area contributed by atoms with Crippen molar-refractivity contribution < 1.29 is 18.8 Å². The van der Waals surface area contributed by atoms with Crippen molar-refractivity contribution in [2.45, 2.75) is 43.2 Å². The van der Waals surface area contributed by atoms with Crippen molar-refractivity contribution in [2.75, 3.05) is 13.1 Å². The van der Waals surface area contributed by atoms with E-state index in [9.17, 15) is 9.59 Å². The number of ether oxygens (including phenoxy) is 1. The summed E-state index contributed by atoms with van der Waals surface area (Å²) in [5.41, 5.74) is 2.41. The SMILES string of the molecule is BC1(B)CN(C(=O)c2cc(-c3cc(Cl)c4c(c3)CN([C@@H](C)C3CC3)C4=O)on2)CC(B)(B)O1. The summed E-state index contributed by atoms with van der Waals surface area (Å²) in [6, 6.07) is 5.51. The number of morpholine rings is 1. The fourth-order valence-corrected chi connectivity index (χ4v) is 5.66. The zero-order chi connectivity index (χ0) is 23.7. The standard InChI is InChI=1S/C21H26B4ClN3O4/c1-10(11-2-3-11)29-7-13-4-12(5-14(26)17(13)19(29)31)16-6-15(27-32-16)18(30)28-8-20(22,23)33-21(24,25)9-28/h4-6,10-11H,2-3,7-9,22-25H2,1H3/t10-/m0/s1. The number of carbonyl (C=O) groups excluding carboxylic acids is 2. The largest absolute Gasteiger partial charge is 0.400 e. The third-order valence-corrected chi connectivity index (χ3v) is 7.08. The van der Waals surface area contributed by atoms with Crippen molar-refractivity contribution in [3.8, 4) is 11.3 Å². The lowest BCUT2D eigenvalue weighted by molar-refractivity contribution is -0.0464. The molecular formula is C21H26B4ClN3O4. The van der Waals surface area contributed by atoms with Crippen molar-refractivity contribution in [3.63, 3.8) is 0 Å². The molecule has 12 heteroatoms. The van der Waals surface area contributed by atoms with Crippen LogP contribution in [0.1, 0.15) is 46.2 Å². The second-order valence-electron chi connectivity index (χ2n) is 10.9. The second-order valence-corrected chi connectivity index (χ2v) is 11.3. The zero-order valence-corrected chi connectivity index (χ0v) is 20.5. The third kappa shape index (κ3) is 4.26. The average Bonchev–Trinajstić information content (AvgIpc) is 3.34. The van der Waals surface area contributed by atoms with Crippen molar-refractivity contribution in [1.29, 1.82) is 0 Å². The van der Waals surface area contributed by atoms with Crippen LogP contribution in [-0.2, 0) is 11.3 Å². The van der Waals surface area contributed by atoms with Gasteiger partial charge in [0.05, 0.1) is 10.6 Å². The molecule has 0 N–H and O–H groups in total. The summed E-state index contributed by atoms with van der Waals surface area (Å²) < 4.78 is 11.6. The molecule has 1 saturated carbocycles. The van der Waals surface area contributed by atoms with E-state index in [1.54, 1.807) is 17.0 Å². The number of fused-ring (bicyclic) bond motifs is 1. The fraction of sp³-hybridized carbons (Fsp3) is 0.476. The number of aromatic nitrogens is 1. The lowest BCUT2D eigenvalue weighted by Gasteiger charge is -2.48. The molecule has 3 heterocycles. The summed E-state index contributed by atoms with van der Waals surface area (Å²) >= 11 is 6.54. The Labute approximate surface area is 202 Å². The molecular weight excluding hydrogens is 437 g/mol. The molecule has 168 valence electrons. The molecule has 1 aromatic heterocycles. The normalized spacial score (nSPS) is 22.3. The van der Waals surface area contributed by atoms with E-state index in [4.69, 9.17) is 20.9 Å². The first-order chi connectivity index (χ1) is 15.4. The molecule has 0 bridgehead atoms. The minimum absolute atomic E-state index is 0.00747. The molecule has 2 aromatic rings. The van der Waals surface area contributed by atoms with E-state index in [1.807, 2.05) is 42.4 Å². The first-order valence-corrected chi connectivity index (χ1v) is 11.9. The van der Waals surface area contributed by atoms with Gasteiger partial charge in [-0.05, 0) is 43.4 Å². The first kappa shape index (κ1) is 22.7. The van der Waals surface area contributed by atoms with Gasteiger partial charge < -0.3 is 19.1 Å². The van der Waals surface area contributed by atoms with Gasteiger partial charge in [-0.3, -0.25) is 9.59 Å². The van der Waals surface area contributed by atoms with Crippen molar-refractivity contribution >= 4 is 54.8 Å². The molecule has 2 amide bonds. The van der Waals surface area contributed by atoms with Crippen LogP contribution in [0.25, 0.3) is 11.3 Å². The summed E-state index contributed by atoms with van der Waals surface area (Å²) in [6.07, 6.45) is 2.35. The van der Waals surface area contributed by atoms with Gasteiger partial charge in [0, 0.05) is 48.1 Å². The van der Waals surface area contributed by atoms with E-state index >= 15 is 0 Å². The lowest BCUT2D eigenvalue weighted by atomic mass is 9.57. The number of amides is 2. The minimum Gasteiger partial charge on any atom is -0.400 e. The number of carbonyl (C=O) groups is 2. The highest BCUT2D eigenvalue weighted by molar-refractivity contribution is 6.43. The Morgan fingerprint density at radius 1 is 1.18 bits per heavy atom. The first-order valence-electron chi connectivity index (χ1n) is 11.5. The van der Waals surface area contributed by atoms with E-state index in [0.717, 1.165) is 5.56 Å². The van der Waals surface area contributed by atoms with Gasteiger partial charge in [-0.15, -0.1) is 0 Å². The number of nitrogens with zero attached hydrogens (tertiary/aromatic N) is 3. The smallest absolute Gasteiger partial charge is 0.276 e. The number of benzene rings is 1. The maximum absolute atomic E-state index is 13.2. The topological polar surface area (TPSA) is 75.9 Å². The highest BCUT2D eigenvalue weighted by atomic mass is 35.5. The molecule has 3 aliphatic rings. The zero-order valence-electron chi connectivity index (χ0n) is 19.8. The van der Waals surface area contributed by atoms with E-state index < -0.39 is 10.8 Å². The highest BCUT2D eigenvalue weighted by Crippen LogP contribution is 2.41. The van der Waals surface area contributed by atoms with Gasteiger partial charge in [0.1, 0.15) is 31.4 Å². The molecule has 7 nitrogen and oxygen atoms in total. The van der Waals surface area contributed by atoms with Crippen LogP contribution in [0.15, 0.2) is 22.7 Å². The number of hydrogen-bond donors (Lipinski definition) is 0. The lowest BCUT2D eigenvalue weighted by Crippen LogP contribution is -2.64. The Bertz CT molecular complexity index is 1130. The van der Waals surface area contributed by atoms with Crippen molar-refractivity contribution in [1.82, 2.24) is 15.0 Å². The second kappa shape index (κ2) is 7.70. The molecule has 0 spiro atoms. The summed E-state index contributed by atoms with van der Waals surface area (Å²) in [7, 11) is 7.90. The van der Waals surface area contributed by atoms with Crippen LogP contribution in [0.3, 0.4) is 0 Å². The summed E-state index contributed by atoms with van der Waals surface area (Å²) in [4.78, 5) is 29.8. The molecule has 1 atom stereocenters. The van der Waals surface area contributed by atoms with Crippen molar-refractivity contribution in [2.24, 2.45) is 5.92 Å². The van der Waals surface area contributed by atoms with Gasteiger partial charge in [0.2, 0.25) is 0 Å². The van der Waals surface area contributed by atoms with Gasteiger partial charge in [-0.1, -0.05) is 16.8 Å². The van der Waals surface area contributed by atoms with Gasteiger partial charge >= 0.3 is 0 Å². The van der Waals surface area contributed by atoms with Gasteiger partial charge in [-0.25, -0.2) is 0 Å². The molecule has 0 unspecified atom stereocenters. The molecule has 1 aliphatic carbocycles. The van der Waals surface area contributed by atoms with E-state index in [1.165, 1.54) is 12.8 Å². The Morgan fingerprint density at radius 3 is 2.48 bits per heavy atom. The Hall–Kier alpha value is -2.12. The summed E-state index contributed by atoms with van der Waals surface area (Å²) in [5.74, 6) is 0.837. The monoisotopic (exact) mass is 463 g/mol. The average molecular weight is 463 g/mol. The van der Waals surface area contributed by atoms with Crippen LogP contribution in [0.4, 0.5) is 0 Å². The van der Waals surface area contributed by atoms with Gasteiger partial charge in [-0.2, -0.15) is 0 Å². The van der Waals surface area contributed by atoms with Crippen LogP contribution in [0, 0.1) is 5.92 Å². The molecule has 33 heavy (non-hydrogen) atoms. The Balaban J connectivity index is 1.39. The van der Waals surface area contributed by atoms with Crippen LogP contribution in [-0.4, -0.2) is 88.1 Å². The van der Waals surface area contributed by atoms with E-state index in [-0.39, 0.29) is 23.6 Å². The van der Waals surface area contributed by atoms with Crippen LogP contribution < -0.4 is 0 Å². The maximum atomic E-state index is 13.2. The molecule has 0 radical (unpaired) electrons. The van der Waals surface area contributed by atoms with Crippen molar-refractivity contribution in [3.05, 3.63) is 40.0 Å². The summed E-state index contributed by atoms with van der Waals surface area (Å²) in [5, 5.41) is 3.55. The molecule has 5 rings (SSSR count). The predicted octanol–water partition coefficient (Wildman–Crippen LogP) is -0.938. The van der Waals surface area contributed by atoms with E-state index in [2.05, 4.69) is 12.1 Å². The third-order valence-electron chi connectivity index (χ3n) is 6.78. The maximum Gasteiger partial charge on any atom is 0.276 e. The van der Waals surface area contributed by atoms with Crippen LogP contribution in [0.5, 0.6) is 0 Å².